The molecule has 0 N–H and O–H groups in total. The van der Waals surface area contributed by atoms with Crippen molar-refractivity contribution in [3.8, 4) is 0 Å². The smallest absolute Gasteiger partial charge is 0.211 e. The minimum atomic E-state index is 0.0599. The van der Waals surface area contributed by atoms with Crippen LogP contribution in [-0.4, -0.2) is 11.6 Å². The van der Waals surface area contributed by atoms with Crippen LogP contribution in [0.5, 0.6) is 0 Å². The third kappa shape index (κ3) is 2.19. The summed E-state index contributed by atoms with van der Waals surface area (Å²) >= 11 is 0. The van der Waals surface area contributed by atoms with Crippen molar-refractivity contribution in [2.24, 2.45) is 10.9 Å². The molecule has 0 aromatic carbocycles. The van der Waals surface area contributed by atoms with E-state index in [2.05, 4.69) is 4.99 Å². The van der Waals surface area contributed by atoms with E-state index in [4.69, 9.17) is 0 Å². The average molecular weight is 179 g/mol. The molecule has 2 aliphatic carbocycles. The van der Waals surface area contributed by atoms with Gasteiger partial charge in [-0.1, -0.05) is 25.7 Å². The largest absolute Gasteiger partial charge is 0.235 e. The first-order valence-electron chi connectivity index (χ1n) is 5.44. The van der Waals surface area contributed by atoms with E-state index in [0.717, 1.165) is 25.2 Å². The van der Waals surface area contributed by atoms with Gasteiger partial charge < -0.3 is 0 Å². The quantitative estimate of drug-likeness (QED) is 0.482. The summed E-state index contributed by atoms with van der Waals surface area (Å²) in [6.07, 6.45) is 12.0. The molecule has 0 aromatic heterocycles. The van der Waals surface area contributed by atoms with Gasteiger partial charge in [0, 0.05) is 0 Å². The minimum absolute atomic E-state index is 0.0599. The Morgan fingerprint density at radius 2 is 2.00 bits per heavy atom. The Balaban J connectivity index is 1.75. The molecule has 2 fully saturated rings. The van der Waals surface area contributed by atoms with Crippen molar-refractivity contribution in [3.05, 3.63) is 0 Å². The zero-order valence-electron chi connectivity index (χ0n) is 8.09. The van der Waals surface area contributed by atoms with Crippen LogP contribution < -0.4 is 0 Å². The summed E-state index contributed by atoms with van der Waals surface area (Å²) in [6.45, 7) is 0. The van der Waals surface area contributed by atoms with E-state index >= 15 is 0 Å². The Labute approximate surface area is 79.4 Å². The standard InChI is InChI=1S/C11H17NO/c13-9-12-11(7-8-11)6-5-10-3-1-2-4-10/h10H,1-8H2. The van der Waals surface area contributed by atoms with E-state index in [0.29, 0.717) is 0 Å². The number of hydrogen-bond acceptors (Lipinski definition) is 2. The van der Waals surface area contributed by atoms with Gasteiger partial charge in [0.15, 0.2) is 0 Å². The Morgan fingerprint density at radius 1 is 1.31 bits per heavy atom. The molecular weight excluding hydrogens is 162 g/mol. The Morgan fingerprint density at radius 3 is 2.54 bits per heavy atom. The van der Waals surface area contributed by atoms with Crippen LogP contribution in [0.25, 0.3) is 0 Å². The second-order valence-electron chi connectivity index (χ2n) is 4.62. The Hall–Kier alpha value is -0.620. The lowest BCUT2D eigenvalue weighted by Crippen LogP contribution is -2.07. The highest BCUT2D eigenvalue weighted by molar-refractivity contribution is 5.36. The van der Waals surface area contributed by atoms with Crippen LogP contribution in [-0.2, 0) is 4.79 Å². The van der Waals surface area contributed by atoms with Crippen LogP contribution in [0.1, 0.15) is 51.4 Å². The zero-order chi connectivity index (χ0) is 9.15. The molecule has 72 valence electrons. The average Bonchev–Trinajstić information content (AvgIpc) is 2.71. The molecule has 2 aliphatic rings. The first-order chi connectivity index (χ1) is 6.35. The fourth-order valence-electron chi connectivity index (χ4n) is 2.43. The first kappa shape index (κ1) is 8.96. The summed E-state index contributed by atoms with van der Waals surface area (Å²) in [5, 5.41) is 0. The second kappa shape index (κ2) is 3.63. The number of hydrogen-bond donors (Lipinski definition) is 0. The third-order valence-electron chi connectivity index (χ3n) is 3.60. The van der Waals surface area contributed by atoms with Crippen molar-refractivity contribution in [2.45, 2.75) is 56.9 Å². The van der Waals surface area contributed by atoms with Gasteiger partial charge in [-0.2, -0.15) is 4.99 Å². The molecule has 2 saturated carbocycles. The van der Waals surface area contributed by atoms with Gasteiger partial charge in [0.05, 0.1) is 5.54 Å². The van der Waals surface area contributed by atoms with Crippen molar-refractivity contribution < 1.29 is 4.79 Å². The molecule has 0 atom stereocenters. The fraction of sp³-hybridized carbons (Fsp3) is 0.909. The van der Waals surface area contributed by atoms with E-state index in [1.54, 1.807) is 6.08 Å². The molecule has 2 heteroatoms. The van der Waals surface area contributed by atoms with Crippen molar-refractivity contribution >= 4 is 6.08 Å². The monoisotopic (exact) mass is 179 g/mol. The summed E-state index contributed by atoms with van der Waals surface area (Å²) < 4.78 is 0. The van der Waals surface area contributed by atoms with Crippen LogP contribution in [0.4, 0.5) is 0 Å². The van der Waals surface area contributed by atoms with Crippen molar-refractivity contribution in [2.75, 3.05) is 0 Å². The van der Waals surface area contributed by atoms with E-state index in [1.165, 1.54) is 32.1 Å². The summed E-state index contributed by atoms with van der Waals surface area (Å²) in [5.74, 6) is 0.930. The van der Waals surface area contributed by atoms with E-state index in [9.17, 15) is 4.79 Å². The Bertz CT molecular complexity index is 220. The number of aliphatic imine (C=N–C) groups is 1. The molecule has 0 bridgehead atoms. The molecule has 0 amide bonds. The highest BCUT2D eigenvalue weighted by Crippen LogP contribution is 2.45. The van der Waals surface area contributed by atoms with Crippen molar-refractivity contribution in [3.63, 3.8) is 0 Å². The summed E-state index contributed by atoms with van der Waals surface area (Å²) in [6, 6.07) is 0. The molecule has 0 aromatic rings. The molecule has 13 heavy (non-hydrogen) atoms. The van der Waals surface area contributed by atoms with E-state index < -0.39 is 0 Å². The molecule has 2 rings (SSSR count). The van der Waals surface area contributed by atoms with Crippen LogP contribution >= 0.6 is 0 Å². The fourth-order valence-corrected chi connectivity index (χ4v) is 2.43. The minimum Gasteiger partial charge on any atom is -0.211 e. The maximum absolute atomic E-state index is 10.2. The SMILES string of the molecule is O=C=NC1(CCC2CCCC2)CC1. The second-order valence-corrected chi connectivity index (χ2v) is 4.62. The third-order valence-corrected chi connectivity index (χ3v) is 3.60. The number of carbonyl (C=O) groups excluding carboxylic acids is 1. The maximum atomic E-state index is 10.2. The van der Waals surface area contributed by atoms with Gasteiger partial charge in [0.25, 0.3) is 0 Å². The Kier molecular flexibility index (Phi) is 2.50. The zero-order valence-corrected chi connectivity index (χ0v) is 8.09. The lowest BCUT2D eigenvalue weighted by atomic mass is 9.98. The van der Waals surface area contributed by atoms with Gasteiger partial charge in [0.1, 0.15) is 0 Å². The van der Waals surface area contributed by atoms with E-state index in [-0.39, 0.29) is 5.54 Å². The highest BCUT2D eigenvalue weighted by atomic mass is 16.1. The summed E-state index contributed by atoms with van der Waals surface area (Å²) in [7, 11) is 0. The number of isocyanates is 1. The van der Waals surface area contributed by atoms with Crippen LogP contribution in [0.2, 0.25) is 0 Å². The van der Waals surface area contributed by atoms with Gasteiger partial charge in [-0.05, 0) is 31.6 Å². The first-order valence-corrected chi connectivity index (χ1v) is 5.44. The van der Waals surface area contributed by atoms with Crippen LogP contribution in [0, 0.1) is 5.92 Å². The summed E-state index contributed by atoms with van der Waals surface area (Å²) in [5.41, 5.74) is 0.0599. The lowest BCUT2D eigenvalue weighted by Gasteiger charge is -2.11. The van der Waals surface area contributed by atoms with Crippen LogP contribution in [0.15, 0.2) is 4.99 Å². The van der Waals surface area contributed by atoms with Crippen LogP contribution in [0.3, 0.4) is 0 Å². The van der Waals surface area contributed by atoms with Gasteiger partial charge in [-0.25, -0.2) is 4.79 Å². The predicted octanol–water partition coefficient (Wildman–Crippen LogP) is 2.83. The van der Waals surface area contributed by atoms with E-state index in [1.807, 2.05) is 0 Å². The van der Waals surface area contributed by atoms with Crippen molar-refractivity contribution in [1.82, 2.24) is 0 Å². The molecular formula is C11H17NO. The number of nitrogens with zero attached hydrogens (tertiary/aromatic N) is 1. The molecule has 0 unspecified atom stereocenters. The maximum Gasteiger partial charge on any atom is 0.235 e. The molecule has 0 heterocycles. The number of rotatable bonds is 4. The predicted molar refractivity (Wildman–Crippen MR) is 51.3 cm³/mol. The normalized spacial score (nSPS) is 25.5. The van der Waals surface area contributed by atoms with Gasteiger partial charge >= 0.3 is 0 Å². The molecule has 0 saturated heterocycles. The highest BCUT2D eigenvalue weighted by Gasteiger charge is 2.42. The summed E-state index contributed by atoms with van der Waals surface area (Å²) in [4.78, 5) is 14.1. The lowest BCUT2D eigenvalue weighted by molar-refractivity contribution is 0.440. The van der Waals surface area contributed by atoms with Crippen molar-refractivity contribution in [1.29, 1.82) is 0 Å². The molecule has 0 aliphatic heterocycles. The van der Waals surface area contributed by atoms with Gasteiger partial charge in [0.2, 0.25) is 6.08 Å². The topological polar surface area (TPSA) is 29.4 Å². The molecule has 2 nitrogen and oxygen atoms in total. The molecule has 0 spiro atoms. The van der Waals surface area contributed by atoms with Gasteiger partial charge in [-0.15, -0.1) is 0 Å². The van der Waals surface area contributed by atoms with Gasteiger partial charge in [-0.3, -0.25) is 0 Å². The molecule has 0 radical (unpaired) electrons.